The molecule has 0 aliphatic carbocycles. The zero-order valence-electron chi connectivity index (χ0n) is 8.14. The smallest absolute Gasteiger partial charge is 0.207 e. The van der Waals surface area contributed by atoms with Gasteiger partial charge in [0.1, 0.15) is 0 Å². The molecule has 82 valence electrons. The minimum absolute atomic E-state index is 0.387. The Hall–Kier alpha value is -0.390. The number of sulfonamides is 1. The van der Waals surface area contributed by atoms with E-state index in [1.807, 2.05) is 6.07 Å². The van der Waals surface area contributed by atoms with Gasteiger partial charge in [0, 0.05) is 18.4 Å². The Bertz CT molecular complexity index is 426. The van der Waals surface area contributed by atoms with Crippen LogP contribution < -0.4 is 0 Å². The lowest BCUT2D eigenvalue weighted by Crippen LogP contribution is -2.50. The van der Waals surface area contributed by atoms with E-state index >= 15 is 0 Å². The molecule has 0 unspecified atom stereocenters. The van der Waals surface area contributed by atoms with Crippen molar-refractivity contribution in [2.24, 2.45) is 5.92 Å². The van der Waals surface area contributed by atoms with Crippen LogP contribution in [-0.4, -0.2) is 31.1 Å². The van der Waals surface area contributed by atoms with Crippen LogP contribution in [0.15, 0.2) is 35.2 Å². The number of alkyl halides is 1. The lowest BCUT2D eigenvalue weighted by molar-refractivity contribution is 0.223. The highest BCUT2D eigenvalue weighted by molar-refractivity contribution is 9.09. The molecule has 15 heavy (non-hydrogen) atoms. The van der Waals surface area contributed by atoms with Crippen molar-refractivity contribution in [3.05, 3.63) is 30.3 Å². The van der Waals surface area contributed by atoms with Gasteiger partial charge in [-0.3, -0.25) is 0 Å². The van der Waals surface area contributed by atoms with E-state index in [-0.39, 0.29) is 0 Å². The molecular weight excluding hydrogens is 278 g/mol. The van der Waals surface area contributed by atoms with E-state index in [2.05, 4.69) is 15.9 Å². The van der Waals surface area contributed by atoms with Crippen molar-refractivity contribution in [1.29, 1.82) is 0 Å². The molecule has 1 aromatic rings. The fourth-order valence-corrected chi connectivity index (χ4v) is 3.58. The average molecular weight is 290 g/mol. The van der Waals surface area contributed by atoms with Gasteiger partial charge in [-0.25, -0.2) is 8.42 Å². The summed E-state index contributed by atoms with van der Waals surface area (Å²) in [5, 5.41) is 0.869. The molecule has 0 saturated carbocycles. The molecule has 0 amide bonds. The van der Waals surface area contributed by atoms with Crippen molar-refractivity contribution in [3.8, 4) is 0 Å². The molecule has 1 aromatic carbocycles. The van der Waals surface area contributed by atoms with Crippen LogP contribution in [-0.2, 0) is 10.0 Å². The topological polar surface area (TPSA) is 37.4 Å². The quantitative estimate of drug-likeness (QED) is 0.795. The van der Waals surface area contributed by atoms with E-state index in [0.717, 1.165) is 5.33 Å². The Morgan fingerprint density at radius 1 is 1.27 bits per heavy atom. The van der Waals surface area contributed by atoms with Crippen molar-refractivity contribution in [2.75, 3.05) is 18.4 Å². The van der Waals surface area contributed by atoms with E-state index < -0.39 is 10.0 Å². The predicted octanol–water partition coefficient (Wildman–Crippen LogP) is 1.70. The summed E-state index contributed by atoms with van der Waals surface area (Å²) in [6.45, 7) is 1.25. The molecule has 1 saturated heterocycles. The van der Waals surface area contributed by atoms with Crippen LogP contribution in [0, 0.1) is 5.92 Å². The number of hydrogen-bond donors (Lipinski definition) is 0. The van der Waals surface area contributed by atoms with Crippen LogP contribution in [0.4, 0.5) is 0 Å². The van der Waals surface area contributed by atoms with Crippen LogP contribution >= 0.6 is 15.9 Å². The highest BCUT2D eigenvalue weighted by Gasteiger charge is 2.35. The van der Waals surface area contributed by atoms with Gasteiger partial charge >= 0.3 is 0 Å². The van der Waals surface area contributed by atoms with Gasteiger partial charge < -0.3 is 0 Å². The van der Waals surface area contributed by atoms with Gasteiger partial charge in [-0.2, -0.15) is 4.31 Å². The number of hydrogen-bond acceptors (Lipinski definition) is 2. The van der Waals surface area contributed by atoms with Crippen LogP contribution in [0.2, 0.25) is 0 Å². The van der Waals surface area contributed by atoms with Crippen molar-refractivity contribution < 1.29 is 8.42 Å². The molecular formula is C10H12BrNO2S. The Morgan fingerprint density at radius 3 is 2.40 bits per heavy atom. The molecule has 0 spiro atoms. The predicted molar refractivity (Wildman–Crippen MR) is 62.5 cm³/mol. The summed E-state index contributed by atoms with van der Waals surface area (Å²) < 4.78 is 25.5. The fraction of sp³-hybridized carbons (Fsp3) is 0.400. The maximum absolute atomic E-state index is 12.0. The summed E-state index contributed by atoms with van der Waals surface area (Å²) >= 11 is 3.36. The largest absolute Gasteiger partial charge is 0.243 e. The zero-order chi connectivity index (χ0) is 10.9. The standard InChI is InChI=1S/C10H12BrNO2S/c11-6-9-7-12(8-9)15(13,14)10-4-2-1-3-5-10/h1-5,9H,6-8H2. The lowest BCUT2D eigenvalue weighted by atomic mass is 10.1. The molecule has 0 aromatic heterocycles. The third-order valence-corrected chi connectivity index (χ3v) is 5.28. The number of halogens is 1. The van der Waals surface area contributed by atoms with Crippen molar-refractivity contribution >= 4 is 26.0 Å². The summed E-state index contributed by atoms with van der Waals surface area (Å²) in [5.74, 6) is 0.462. The molecule has 1 fully saturated rings. The second-order valence-corrected chi connectivity index (χ2v) is 6.24. The molecule has 1 aliphatic heterocycles. The number of nitrogens with zero attached hydrogens (tertiary/aromatic N) is 1. The second-order valence-electron chi connectivity index (χ2n) is 3.66. The molecule has 1 heterocycles. The van der Waals surface area contributed by atoms with Gasteiger partial charge in [-0.1, -0.05) is 34.1 Å². The minimum atomic E-state index is -3.23. The molecule has 0 N–H and O–H groups in total. The summed E-state index contributed by atoms with van der Waals surface area (Å²) in [6, 6.07) is 8.58. The first-order chi connectivity index (χ1) is 7.14. The molecule has 5 heteroatoms. The Morgan fingerprint density at radius 2 is 1.87 bits per heavy atom. The Kier molecular flexibility index (Phi) is 3.13. The maximum atomic E-state index is 12.0. The van der Waals surface area contributed by atoms with Crippen LogP contribution in [0.25, 0.3) is 0 Å². The second kappa shape index (κ2) is 4.23. The van der Waals surface area contributed by atoms with Gasteiger partial charge in [-0.15, -0.1) is 0 Å². The van der Waals surface area contributed by atoms with Gasteiger partial charge in [-0.05, 0) is 18.1 Å². The average Bonchev–Trinajstić information content (AvgIpc) is 2.17. The summed E-state index contributed by atoms with van der Waals surface area (Å²) in [6.07, 6.45) is 0. The molecule has 0 bridgehead atoms. The third-order valence-electron chi connectivity index (χ3n) is 2.52. The van der Waals surface area contributed by atoms with E-state index in [4.69, 9.17) is 0 Å². The van der Waals surface area contributed by atoms with Gasteiger partial charge in [0.2, 0.25) is 10.0 Å². The zero-order valence-corrected chi connectivity index (χ0v) is 10.5. The Balaban J connectivity index is 2.16. The van der Waals surface area contributed by atoms with Crippen molar-refractivity contribution in [3.63, 3.8) is 0 Å². The summed E-state index contributed by atoms with van der Waals surface area (Å²) in [7, 11) is -3.23. The Labute approximate surface area is 98.3 Å². The number of benzene rings is 1. The van der Waals surface area contributed by atoms with Gasteiger partial charge in [0.15, 0.2) is 0 Å². The van der Waals surface area contributed by atoms with Crippen LogP contribution in [0.1, 0.15) is 0 Å². The first kappa shape index (κ1) is 11.1. The van der Waals surface area contributed by atoms with Crippen LogP contribution in [0.5, 0.6) is 0 Å². The fourth-order valence-electron chi connectivity index (χ4n) is 1.56. The van der Waals surface area contributed by atoms with Crippen molar-refractivity contribution in [2.45, 2.75) is 4.90 Å². The summed E-state index contributed by atoms with van der Waals surface area (Å²) in [5.41, 5.74) is 0. The molecule has 1 aliphatic rings. The SMILES string of the molecule is O=S(=O)(c1ccccc1)N1CC(CBr)C1. The maximum Gasteiger partial charge on any atom is 0.243 e. The highest BCUT2D eigenvalue weighted by Crippen LogP contribution is 2.25. The number of rotatable bonds is 3. The van der Waals surface area contributed by atoms with Gasteiger partial charge in [0.25, 0.3) is 0 Å². The van der Waals surface area contributed by atoms with Crippen molar-refractivity contribution in [1.82, 2.24) is 4.31 Å². The normalized spacial score (nSPS) is 18.7. The minimum Gasteiger partial charge on any atom is -0.207 e. The lowest BCUT2D eigenvalue weighted by Gasteiger charge is -2.37. The first-order valence-corrected chi connectivity index (χ1v) is 7.32. The summed E-state index contributed by atoms with van der Waals surface area (Å²) in [4.78, 5) is 0.387. The molecule has 0 radical (unpaired) electrons. The monoisotopic (exact) mass is 289 g/mol. The van der Waals surface area contributed by atoms with E-state index in [9.17, 15) is 8.42 Å². The van der Waals surface area contributed by atoms with Crippen LogP contribution in [0.3, 0.4) is 0 Å². The van der Waals surface area contributed by atoms with Gasteiger partial charge in [0.05, 0.1) is 4.90 Å². The first-order valence-electron chi connectivity index (χ1n) is 4.76. The third kappa shape index (κ3) is 2.09. The molecule has 3 nitrogen and oxygen atoms in total. The van der Waals surface area contributed by atoms with E-state index in [0.29, 0.717) is 23.9 Å². The molecule has 2 rings (SSSR count). The highest BCUT2D eigenvalue weighted by atomic mass is 79.9. The molecule has 0 atom stereocenters. The van der Waals surface area contributed by atoms with E-state index in [1.165, 1.54) is 4.31 Å². The van der Waals surface area contributed by atoms with E-state index in [1.54, 1.807) is 24.3 Å².